The van der Waals surface area contributed by atoms with Crippen molar-refractivity contribution in [2.45, 2.75) is 13.3 Å². The highest BCUT2D eigenvalue weighted by Gasteiger charge is 2.36. The highest BCUT2D eigenvalue weighted by atomic mass is 35.5. The van der Waals surface area contributed by atoms with Gasteiger partial charge in [0.15, 0.2) is 0 Å². The molecule has 0 bridgehead atoms. The van der Waals surface area contributed by atoms with Crippen LogP contribution in [-0.4, -0.2) is 19.0 Å². The first kappa shape index (κ1) is 12.7. The van der Waals surface area contributed by atoms with Crippen LogP contribution in [0.4, 0.5) is 5.69 Å². The van der Waals surface area contributed by atoms with Crippen molar-refractivity contribution in [1.29, 1.82) is 0 Å². The van der Waals surface area contributed by atoms with Crippen molar-refractivity contribution >= 4 is 34.8 Å². The fraction of sp³-hybridized carbons (Fsp3) is 0.417. The third kappa shape index (κ3) is 2.57. The van der Waals surface area contributed by atoms with Gasteiger partial charge in [0.05, 0.1) is 21.1 Å². The van der Waals surface area contributed by atoms with Gasteiger partial charge in [-0.15, -0.1) is 0 Å². The van der Waals surface area contributed by atoms with Crippen LogP contribution in [0, 0.1) is 5.41 Å². The molecule has 1 aliphatic heterocycles. The van der Waals surface area contributed by atoms with E-state index in [-0.39, 0.29) is 11.3 Å². The monoisotopic (exact) mass is 272 g/mol. The van der Waals surface area contributed by atoms with E-state index in [1.165, 1.54) is 0 Å². The van der Waals surface area contributed by atoms with Crippen LogP contribution >= 0.6 is 23.2 Å². The fourth-order valence-electron chi connectivity index (χ4n) is 1.88. The molecule has 1 aromatic rings. The molecule has 0 spiro atoms. The molecule has 5 heteroatoms. The van der Waals surface area contributed by atoms with Crippen LogP contribution in [0.25, 0.3) is 0 Å². The Kier molecular flexibility index (Phi) is 3.61. The number of hydrogen-bond acceptors (Lipinski definition) is 2. The summed E-state index contributed by atoms with van der Waals surface area (Å²) >= 11 is 11.9. The minimum absolute atomic E-state index is 0.0216. The normalized spacial score (nSPS) is 23.7. The molecule has 0 aliphatic carbocycles. The van der Waals surface area contributed by atoms with E-state index in [1.807, 2.05) is 6.92 Å². The smallest absolute Gasteiger partial charge is 0.231 e. The van der Waals surface area contributed by atoms with Crippen molar-refractivity contribution < 1.29 is 4.79 Å². The zero-order chi connectivity index (χ0) is 12.5. The molecule has 1 aromatic carbocycles. The number of carbonyl (C=O) groups excluding carboxylic acids is 1. The summed E-state index contributed by atoms with van der Waals surface area (Å²) in [6, 6.07) is 5.20. The Hall–Kier alpha value is -0.770. The summed E-state index contributed by atoms with van der Waals surface area (Å²) in [5, 5.41) is 6.85. The lowest BCUT2D eigenvalue weighted by molar-refractivity contribution is -0.123. The maximum atomic E-state index is 12.1. The minimum atomic E-state index is -0.369. The maximum Gasteiger partial charge on any atom is 0.231 e. The van der Waals surface area contributed by atoms with Gasteiger partial charge < -0.3 is 10.6 Å². The topological polar surface area (TPSA) is 41.1 Å². The standard InChI is InChI=1S/C12H14Cl2N2O/c1-12(5-6-15-7-12)11(17)16-9-4-2-3-8(13)10(9)14/h2-4,15H,5-7H2,1H3,(H,16,17). The summed E-state index contributed by atoms with van der Waals surface area (Å²) in [7, 11) is 0. The number of amides is 1. The third-order valence-corrected chi connectivity index (χ3v) is 3.94. The molecular weight excluding hydrogens is 259 g/mol. The molecule has 0 aromatic heterocycles. The highest BCUT2D eigenvalue weighted by Crippen LogP contribution is 2.32. The first-order valence-corrected chi connectivity index (χ1v) is 6.25. The van der Waals surface area contributed by atoms with Gasteiger partial charge in [-0.3, -0.25) is 4.79 Å². The van der Waals surface area contributed by atoms with Gasteiger partial charge in [-0.25, -0.2) is 0 Å². The Bertz CT molecular complexity index is 442. The largest absolute Gasteiger partial charge is 0.324 e. The Labute approximate surface area is 110 Å². The lowest BCUT2D eigenvalue weighted by Crippen LogP contribution is -2.35. The quantitative estimate of drug-likeness (QED) is 0.869. The van der Waals surface area contributed by atoms with Crippen LogP contribution in [0.5, 0.6) is 0 Å². The van der Waals surface area contributed by atoms with Gasteiger partial charge in [0, 0.05) is 6.54 Å². The third-order valence-electron chi connectivity index (χ3n) is 3.12. The second-order valence-electron chi connectivity index (χ2n) is 4.54. The van der Waals surface area contributed by atoms with E-state index in [1.54, 1.807) is 18.2 Å². The minimum Gasteiger partial charge on any atom is -0.324 e. The zero-order valence-corrected chi connectivity index (χ0v) is 11.0. The molecule has 92 valence electrons. The van der Waals surface area contributed by atoms with Crippen LogP contribution in [0.1, 0.15) is 13.3 Å². The van der Waals surface area contributed by atoms with Crippen LogP contribution < -0.4 is 10.6 Å². The lowest BCUT2D eigenvalue weighted by atomic mass is 9.89. The summed E-state index contributed by atoms with van der Waals surface area (Å²) in [4.78, 5) is 12.1. The second-order valence-corrected chi connectivity index (χ2v) is 5.33. The molecule has 1 amide bonds. The number of rotatable bonds is 2. The average Bonchev–Trinajstić information content (AvgIpc) is 2.73. The number of nitrogens with one attached hydrogen (secondary N) is 2. The Morgan fingerprint density at radius 3 is 2.88 bits per heavy atom. The maximum absolute atomic E-state index is 12.1. The van der Waals surface area contributed by atoms with Crippen molar-refractivity contribution in [3.05, 3.63) is 28.2 Å². The van der Waals surface area contributed by atoms with Crippen molar-refractivity contribution in [2.75, 3.05) is 18.4 Å². The van der Waals surface area contributed by atoms with Crippen LogP contribution in [0.15, 0.2) is 18.2 Å². The molecule has 2 rings (SSSR count). The van der Waals surface area contributed by atoms with Gasteiger partial charge in [0.1, 0.15) is 0 Å². The number of carbonyl (C=O) groups is 1. The van der Waals surface area contributed by atoms with E-state index in [0.717, 1.165) is 13.0 Å². The summed E-state index contributed by atoms with van der Waals surface area (Å²) in [5.74, 6) is -0.0216. The van der Waals surface area contributed by atoms with Crippen LogP contribution in [0.3, 0.4) is 0 Å². The molecule has 3 nitrogen and oxygen atoms in total. The molecule has 1 atom stereocenters. The summed E-state index contributed by atoms with van der Waals surface area (Å²) < 4.78 is 0. The van der Waals surface area contributed by atoms with Crippen molar-refractivity contribution in [3.8, 4) is 0 Å². The van der Waals surface area contributed by atoms with E-state index in [4.69, 9.17) is 23.2 Å². The number of hydrogen-bond donors (Lipinski definition) is 2. The van der Waals surface area contributed by atoms with E-state index >= 15 is 0 Å². The van der Waals surface area contributed by atoms with Crippen LogP contribution in [0.2, 0.25) is 10.0 Å². The Balaban J connectivity index is 2.16. The zero-order valence-electron chi connectivity index (χ0n) is 9.52. The molecule has 1 saturated heterocycles. The van der Waals surface area contributed by atoms with Crippen molar-refractivity contribution in [1.82, 2.24) is 5.32 Å². The molecular formula is C12H14Cl2N2O. The predicted octanol–water partition coefficient (Wildman–Crippen LogP) is 2.93. The molecule has 1 heterocycles. The Morgan fingerprint density at radius 2 is 2.24 bits per heavy atom. The second kappa shape index (κ2) is 4.84. The van der Waals surface area contributed by atoms with E-state index in [0.29, 0.717) is 22.3 Å². The highest BCUT2D eigenvalue weighted by molar-refractivity contribution is 6.44. The first-order valence-electron chi connectivity index (χ1n) is 5.49. The summed E-state index contributed by atoms with van der Waals surface area (Å²) in [6.07, 6.45) is 0.830. The van der Waals surface area contributed by atoms with Gasteiger partial charge in [-0.1, -0.05) is 29.3 Å². The average molecular weight is 273 g/mol. The Morgan fingerprint density at radius 1 is 1.47 bits per heavy atom. The molecule has 1 aliphatic rings. The molecule has 0 radical (unpaired) electrons. The predicted molar refractivity (Wildman–Crippen MR) is 70.7 cm³/mol. The summed E-state index contributed by atoms with van der Waals surface area (Å²) in [6.45, 7) is 3.50. The molecule has 1 unspecified atom stereocenters. The molecule has 0 saturated carbocycles. The van der Waals surface area contributed by atoms with Crippen molar-refractivity contribution in [3.63, 3.8) is 0 Å². The number of halogens is 2. The number of benzene rings is 1. The number of anilines is 1. The van der Waals surface area contributed by atoms with Gasteiger partial charge >= 0.3 is 0 Å². The SMILES string of the molecule is CC1(C(=O)Nc2cccc(Cl)c2Cl)CCNC1. The van der Waals surface area contributed by atoms with Gasteiger partial charge in [-0.05, 0) is 32.0 Å². The van der Waals surface area contributed by atoms with E-state index in [9.17, 15) is 4.79 Å². The van der Waals surface area contributed by atoms with Gasteiger partial charge in [0.25, 0.3) is 0 Å². The van der Waals surface area contributed by atoms with Crippen LogP contribution in [-0.2, 0) is 4.79 Å². The summed E-state index contributed by atoms with van der Waals surface area (Å²) in [5.41, 5.74) is 0.198. The first-order chi connectivity index (χ1) is 8.03. The molecule has 17 heavy (non-hydrogen) atoms. The van der Waals surface area contributed by atoms with Gasteiger partial charge in [0.2, 0.25) is 5.91 Å². The van der Waals surface area contributed by atoms with E-state index in [2.05, 4.69) is 10.6 Å². The van der Waals surface area contributed by atoms with Crippen molar-refractivity contribution in [2.24, 2.45) is 5.41 Å². The lowest BCUT2D eigenvalue weighted by Gasteiger charge is -2.21. The fourth-order valence-corrected chi connectivity index (χ4v) is 2.23. The van der Waals surface area contributed by atoms with E-state index < -0.39 is 0 Å². The van der Waals surface area contributed by atoms with Gasteiger partial charge in [-0.2, -0.15) is 0 Å². The molecule has 2 N–H and O–H groups in total. The molecule has 1 fully saturated rings.